The maximum atomic E-state index is 11.6. The van der Waals surface area contributed by atoms with Gasteiger partial charge in [-0.05, 0) is 40.0 Å². The van der Waals surface area contributed by atoms with Crippen LogP contribution in [0.4, 0.5) is 0 Å². The van der Waals surface area contributed by atoms with Crippen LogP contribution in [0, 0.1) is 5.41 Å². The van der Waals surface area contributed by atoms with E-state index in [0.29, 0.717) is 13.0 Å². The van der Waals surface area contributed by atoms with Crippen LogP contribution in [0.5, 0.6) is 0 Å². The molecule has 0 saturated heterocycles. The molecule has 1 fully saturated rings. The van der Waals surface area contributed by atoms with Gasteiger partial charge in [0.2, 0.25) is 0 Å². The van der Waals surface area contributed by atoms with E-state index in [9.17, 15) is 9.90 Å². The van der Waals surface area contributed by atoms with E-state index in [1.165, 1.54) is 0 Å². The van der Waals surface area contributed by atoms with Crippen LogP contribution in [-0.2, 0) is 9.53 Å². The molecule has 0 heterocycles. The molecule has 0 aromatic rings. The van der Waals surface area contributed by atoms with Gasteiger partial charge in [0.1, 0.15) is 0 Å². The first-order valence-corrected chi connectivity index (χ1v) is 4.83. The van der Waals surface area contributed by atoms with Gasteiger partial charge in [0.15, 0.2) is 0 Å². The molecule has 0 amide bonds. The van der Waals surface area contributed by atoms with Crippen LogP contribution in [0.2, 0.25) is 0 Å². The van der Waals surface area contributed by atoms with Crippen LogP contribution < -0.4 is 0 Å². The summed E-state index contributed by atoms with van der Waals surface area (Å²) < 4.78 is 4.97. The zero-order chi connectivity index (χ0) is 10.1. The molecular weight excluding hydrogens is 168 g/mol. The van der Waals surface area contributed by atoms with Crippen LogP contribution in [0.25, 0.3) is 0 Å². The summed E-state index contributed by atoms with van der Waals surface area (Å²) in [5, 5.41) is 10.0. The van der Waals surface area contributed by atoms with Crippen molar-refractivity contribution < 1.29 is 14.6 Å². The third kappa shape index (κ3) is 1.57. The van der Waals surface area contributed by atoms with Crippen molar-refractivity contribution >= 4 is 5.97 Å². The molecule has 0 aliphatic heterocycles. The standard InChI is InChI=1S/C10H18O3/c1-4-13-8(11)9(2)6-5-7-10(9,3)12/h12H,4-7H2,1-3H3/t9-,10-/m0/s1. The number of rotatable bonds is 2. The molecule has 0 aromatic carbocycles. The molecule has 1 aliphatic rings. The van der Waals surface area contributed by atoms with Gasteiger partial charge in [0, 0.05) is 0 Å². The molecule has 3 nitrogen and oxygen atoms in total. The summed E-state index contributed by atoms with van der Waals surface area (Å²) in [7, 11) is 0. The second kappa shape index (κ2) is 3.29. The fraction of sp³-hybridized carbons (Fsp3) is 0.900. The van der Waals surface area contributed by atoms with Crippen LogP contribution in [0.1, 0.15) is 40.0 Å². The van der Waals surface area contributed by atoms with Gasteiger partial charge < -0.3 is 9.84 Å². The molecule has 1 saturated carbocycles. The molecule has 0 unspecified atom stereocenters. The van der Waals surface area contributed by atoms with E-state index in [4.69, 9.17) is 4.74 Å². The normalized spacial score (nSPS) is 39.1. The topological polar surface area (TPSA) is 46.5 Å². The zero-order valence-corrected chi connectivity index (χ0v) is 8.59. The Hall–Kier alpha value is -0.570. The van der Waals surface area contributed by atoms with Crippen molar-refractivity contribution in [3.8, 4) is 0 Å². The van der Waals surface area contributed by atoms with E-state index in [0.717, 1.165) is 12.8 Å². The van der Waals surface area contributed by atoms with E-state index in [1.54, 1.807) is 20.8 Å². The maximum absolute atomic E-state index is 11.6. The quantitative estimate of drug-likeness (QED) is 0.665. The minimum Gasteiger partial charge on any atom is -0.465 e. The first-order chi connectivity index (χ1) is 5.94. The lowest BCUT2D eigenvalue weighted by molar-refractivity contribution is -0.167. The monoisotopic (exact) mass is 186 g/mol. The predicted molar refractivity (Wildman–Crippen MR) is 49.2 cm³/mol. The van der Waals surface area contributed by atoms with Crippen LogP contribution in [0.15, 0.2) is 0 Å². The van der Waals surface area contributed by atoms with Gasteiger partial charge in [0.25, 0.3) is 0 Å². The second-order valence-corrected chi connectivity index (χ2v) is 4.18. The van der Waals surface area contributed by atoms with E-state index >= 15 is 0 Å². The van der Waals surface area contributed by atoms with Crippen molar-refractivity contribution in [2.45, 2.75) is 45.6 Å². The average Bonchev–Trinajstić information content (AvgIpc) is 2.28. The summed E-state index contributed by atoms with van der Waals surface area (Å²) in [6.45, 7) is 5.67. The lowest BCUT2D eigenvalue weighted by Gasteiger charge is -2.34. The summed E-state index contributed by atoms with van der Waals surface area (Å²) in [5.74, 6) is -0.266. The number of hydrogen-bond donors (Lipinski definition) is 1. The molecule has 13 heavy (non-hydrogen) atoms. The van der Waals surface area contributed by atoms with Crippen molar-refractivity contribution in [3.63, 3.8) is 0 Å². The molecule has 1 aliphatic carbocycles. The zero-order valence-electron chi connectivity index (χ0n) is 8.59. The highest BCUT2D eigenvalue weighted by Crippen LogP contribution is 2.46. The number of carbonyl (C=O) groups excluding carboxylic acids is 1. The second-order valence-electron chi connectivity index (χ2n) is 4.18. The van der Waals surface area contributed by atoms with Crippen LogP contribution >= 0.6 is 0 Å². The first-order valence-electron chi connectivity index (χ1n) is 4.83. The third-order valence-corrected chi connectivity index (χ3v) is 3.26. The van der Waals surface area contributed by atoms with Crippen LogP contribution in [0.3, 0.4) is 0 Å². The van der Waals surface area contributed by atoms with Gasteiger partial charge >= 0.3 is 5.97 Å². The predicted octanol–water partition coefficient (Wildman–Crippen LogP) is 1.49. The maximum Gasteiger partial charge on any atom is 0.314 e. The Morgan fingerprint density at radius 3 is 2.46 bits per heavy atom. The van der Waals surface area contributed by atoms with Gasteiger partial charge in [-0.2, -0.15) is 0 Å². The van der Waals surface area contributed by atoms with Gasteiger partial charge in [-0.3, -0.25) is 4.79 Å². The fourth-order valence-corrected chi connectivity index (χ4v) is 1.94. The van der Waals surface area contributed by atoms with Crippen molar-refractivity contribution in [1.29, 1.82) is 0 Å². The lowest BCUT2D eigenvalue weighted by Crippen LogP contribution is -2.45. The minimum absolute atomic E-state index is 0.266. The van der Waals surface area contributed by atoms with E-state index < -0.39 is 11.0 Å². The molecular formula is C10H18O3. The number of hydrogen-bond acceptors (Lipinski definition) is 3. The van der Waals surface area contributed by atoms with Crippen molar-refractivity contribution in [3.05, 3.63) is 0 Å². The Morgan fingerprint density at radius 2 is 2.08 bits per heavy atom. The number of ether oxygens (including phenoxy) is 1. The number of carbonyl (C=O) groups is 1. The van der Waals surface area contributed by atoms with Crippen molar-refractivity contribution in [2.75, 3.05) is 6.61 Å². The van der Waals surface area contributed by atoms with Crippen LogP contribution in [-0.4, -0.2) is 23.3 Å². The number of aliphatic hydroxyl groups is 1. The van der Waals surface area contributed by atoms with Crippen molar-refractivity contribution in [2.24, 2.45) is 5.41 Å². The molecule has 0 radical (unpaired) electrons. The number of esters is 1. The van der Waals surface area contributed by atoms with Gasteiger partial charge in [-0.1, -0.05) is 0 Å². The minimum atomic E-state index is -0.904. The summed E-state index contributed by atoms with van der Waals surface area (Å²) in [6, 6.07) is 0. The largest absolute Gasteiger partial charge is 0.465 e. The Morgan fingerprint density at radius 1 is 1.46 bits per heavy atom. The first kappa shape index (κ1) is 10.5. The molecule has 0 spiro atoms. The third-order valence-electron chi connectivity index (χ3n) is 3.26. The Kier molecular flexibility index (Phi) is 2.66. The Labute approximate surface area is 79.1 Å². The summed E-state index contributed by atoms with van der Waals surface area (Å²) >= 11 is 0. The molecule has 76 valence electrons. The molecule has 2 atom stereocenters. The SMILES string of the molecule is CCOC(=O)[C@]1(C)CCC[C@]1(C)O. The summed E-state index contributed by atoms with van der Waals surface area (Å²) in [6.07, 6.45) is 2.30. The van der Waals surface area contributed by atoms with Gasteiger partial charge in [-0.15, -0.1) is 0 Å². The summed E-state index contributed by atoms with van der Waals surface area (Å²) in [4.78, 5) is 11.6. The Balaban J connectivity index is 2.80. The van der Waals surface area contributed by atoms with E-state index in [-0.39, 0.29) is 5.97 Å². The Bertz CT molecular complexity index is 210. The fourth-order valence-electron chi connectivity index (χ4n) is 1.94. The molecule has 3 heteroatoms. The highest BCUT2D eigenvalue weighted by atomic mass is 16.5. The highest BCUT2D eigenvalue weighted by Gasteiger charge is 2.53. The van der Waals surface area contributed by atoms with Crippen molar-refractivity contribution in [1.82, 2.24) is 0 Å². The molecule has 1 rings (SSSR count). The lowest BCUT2D eigenvalue weighted by atomic mass is 9.77. The van der Waals surface area contributed by atoms with Gasteiger partial charge in [-0.25, -0.2) is 0 Å². The van der Waals surface area contributed by atoms with E-state index in [1.807, 2.05) is 0 Å². The van der Waals surface area contributed by atoms with E-state index in [2.05, 4.69) is 0 Å². The highest BCUT2D eigenvalue weighted by molar-refractivity contribution is 5.78. The molecule has 0 bridgehead atoms. The average molecular weight is 186 g/mol. The summed E-state index contributed by atoms with van der Waals surface area (Å²) in [5.41, 5.74) is -1.61. The molecule has 1 N–H and O–H groups in total. The van der Waals surface area contributed by atoms with Gasteiger partial charge in [0.05, 0.1) is 17.6 Å². The smallest absolute Gasteiger partial charge is 0.314 e. The molecule has 0 aromatic heterocycles.